The van der Waals surface area contributed by atoms with Crippen molar-refractivity contribution in [3.63, 3.8) is 0 Å². The Labute approximate surface area is 567 Å². The average Bonchev–Trinajstić information content (AvgIpc) is 1.18. The smallest absolute Gasteiger partial charge is 0.171 e. The Morgan fingerprint density at radius 1 is 0.529 bits per heavy atom. The Kier molecular flexibility index (Phi) is 33.2. The highest BCUT2D eigenvalue weighted by atomic mass is 19.4. The van der Waals surface area contributed by atoms with E-state index in [-0.39, 0.29) is 29.0 Å². The average molecular weight is 1230 g/mol. The van der Waals surface area contributed by atoms with Gasteiger partial charge < -0.3 is 0 Å². The van der Waals surface area contributed by atoms with Crippen LogP contribution in [0.3, 0.4) is 0 Å². The van der Waals surface area contributed by atoms with Crippen LogP contribution in [0.5, 0.6) is 0 Å². The lowest BCUT2D eigenvalue weighted by Crippen LogP contribution is -2.32. The number of hydrogen-bond acceptors (Lipinski definition) is 0. The van der Waals surface area contributed by atoms with Crippen LogP contribution in [0.4, 0.5) is 13.2 Å². The molecule has 85 heavy (non-hydrogen) atoms. The third-order valence-electron chi connectivity index (χ3n) is 16.6. The van der Waals surface area contributed by atoms with Gasteiger partial charge in [-0.05, 0) is 144 Å². The predicted molar refractivity (Wildman–Crippen MR) is 387 cm³/mol. The lowest BCUT2D eigenvalue weighted by Gasteiger charge is -2.44. The normalized spacial score (nSPS) is 26.4. The Hall–Kier alpha value is -0.990. The maximum atomic E-state index is 12.1. The molecule has 0 radical (unpaired) electrons. The van der Waals surface area contributed by atoms with Gasteiger partial charge in [0.15, 0.2) is 0 Å². The molecule has 1 aromatic carbocycles. The van der Waals surface area contributed by atoms with Crippen molar-refractivity contribution in [1.82, 2.24) is 0 Å². The molecule has 0 nitrogen and oxygen atoms in total. The van der Waals surface area contributed by atoms with Crippen LogP contribution in [0, 0.1) is 85.6 Å². The summed E-state index contributed by atoms with van der Waals surface area (Å²) >= 11 is 0. The Morgan fingerprint density at radius 3 is 1.08 bits per heavy atom. The highest BCUT2D eigenvalue weighted by molar-refractivity contribution is 5.11. The van der Waals surface area contributed by atoms with Gasteiger partial charge in [0.1, 0.15) is 0 Å². The summed E-state index contributed by atoms with van der Waals surface area (Å²) in [7, 11) is 0. The summed E-state index contributed by atoms with van der Waals surface area (Å²) in [5.74, 6) is -2.51. The molecule has 3 heteroatoms. The second kappa shape index (κ2) is 47.9. The number of aryl methyl sites for hydroxylation is 1. The van der Waals surface area contributed by atoms with Crippen molar-refractivity contribution in [2.75, 3.05) is 0 Å². The topological polar surface area (TPSA) is 0 Å². The molecule has 6 saturated carbocycles. The van der Waals surface area contributed by atoms with Crippen molar-refractivity contribution in [1.29, 1.82) is 0 Å². The van der Waals surface area contributed by atoms with E-state index in [0.717, 1.165) is 91.9 Å². The predicted octanol–water partition coefficient (Wildman–Crippen LogP) is 31.0. The minimum absolute atomic E-state index is 0.0712. The van der Waals surface area contributed by atoms with Crippen molar-refractivity contribution < 1.29 is 40.6 Å². The molecule has 0 bridgehead atoms. The van der Waals surface area contributed by atoms with Crippen molar-refractivity contribution in [2.45, 2.75) is 414 Å². The molecule has 0 amide bonds. The van der Waals surface area contributed by atoms with E-state index in [2.05, 4.69) is 137 Å². The first-order valence-electron chi connectivity index (χ1n) is 43.8. The zero-order valence-electron chi connectivity index (χ0n) is 82.5. The molecule has 0 saturated heterocycles. The quantitative estimate of drug-likeness (QED) is 0.277. The Balaban J connectivity index is -0.000000350. The number of alkyl halides is 3. The highest BCUT2D eigenvalue weighted by Gasteiger charge is 2.45. The van der Waals surface area contributed by atoms with Crippen LogP contribution in [0.1, 0.15) is 433 Å². The van der Waals surface area contributed by atoms with Crippen LogP contribution in [-0.2, 0) is 0 Å². The van der Waals surface area contributed by atoms with Crippen molar-refractivity contribution >= 4 is 0 Å². The van der Waals surface area contributed by atoms with Crippen LogP contribution in [0.15, 0.2) is 30.3 Å². The largest absolute Gasteiger partial charge is 0.393 e. The third-order valence-corrected chi connectivity index (χ3v) is 16.6. The second-order valence-electron chi connectivity index (χ2n) is 32.8. The van der Waals surface area contributed by atoms with Gasteiger partial charge in [0.05, 0.1) is 5.41 Å². The molecule has 0 N–H and O–H groups in total. The molecule has 0 unspecified atom stereocenters. The van der Waals surface area contributed by atoms with E-state index in [4.69, 9.17) is 27.4 Å². The van der Waals surface area contributed by atoms with E-state index in [0.29, 0.717) is 38.4 Å². The molecule has 7 rings (SSSR count). The van der Waals surface area contributed by atoms with Gasteiger partial charge in [0.25, 0.3) is 0 Å². The number of halogens is 3. The molecule has 0 aliphatic heterocycles. The van der Waals surface area contributed by atoms with Gasteiger partial charge in [0, 0.05) is 27.4 Å². The molecule has 0 heterocycles. The fourth-order valence-corrected chi connectivity index (χ4v) is 10.5. The van der Waals surface area contributed by atoms with E-state index < -0.39 is 57.2 Å². The summed E-state index contributed by atoms with van der Waals surface area (Å²) in [6.45, 7) is 48.3. The Morgan fingerprint density at radius 2 is 0.871 bits per heavy atom. The van der Waals surface area contributed by atoms with Gasteiger partial charge >= 0.3 is 6.18 Å². The summed E-state index contributed by atoms with van der Waals surface area (Å²) in [6, 6.07) is 10.3. The first-order chi connectivity index (χ1) is 45.7. The maximum Gasteiger partial charge on any atom is 0.393 e. The van der Waals surface area contributed by atoms with E-state index in [1.165, 1.54) is 115 Å². The fraction of sp³-hybridized carbons (Fsp3) is 0.927. The van der Waals surface area contributed by atoms with E-state index >= 15 is 0 Å². The standard InChI is InChI=1S/C12H22.C11H22.C9H18.C7H14.C7H8.C7H14.C6H11F3.2C6H14.C5H12.C4H10.C2H6/c1-11-5-9-12(10-6-11)7-3-2-4-8-12;1-9-6-10(2,3)8-11(4,5)7-9;1-8-4-6-9(2,3)7-5-8;2*1-7-5-3-2-4-6-7;1-2-7-5-3-4-6-7;1-4-5(2,3)6(7,8)9;2*1-5-6(2,3)4;1-5(2,3)4;1-4(2)3;1-2/h11H,2-10H2,1H3;9H,6-8H2,1-5H3;8H,4-7H2,1-3H3;7H,2-6H2,1H3;2-6H,1H3;7H,2-6H2,1H3;4H2,1-3H3;2*5H2,1-4H3;1-4H3;4H,1-3H3;1-2H3/i11D;9D;8D;7D;;2D2;4D2;5D2;;;1D3,2D3,4D;1D3. The van der Waals surface area contributed by atoms with Gasteiger partial charge in [-0.1, -0.05) is 372 Å². The molecular formula is C82H165F3. The minimum Gasteiger partial charge on any atom is -0.171 e. The van der Waals surface area contributed by atoms with E-state index in [9.17, 15) is 13.2 Å². The lowest BCUT2D eigenvalue weighted by atomic mass is 9.62. The molecule has 0 atom stereocenters. The summed E-state index contributed by atoms with van der Waals surface area (Å²) in [4.78, 5) is 0. The number of hydrogen-bond donors (Lipinski definition) is 0. The Bertz CT molecular complexity index is 2200. The van der Waals surface area contributed by atoms with Gasteiger partial charge in [-0.15, -0.1) is 0 Å². The molecule has 514 valence electrons. The van der Waals surface area contributed by atoms with Gasteiger partial charge in [-0.2, -0.15) is 13.2 Å². The molecule has 6 aliphatic rings. The third kappa shape index (κ3) is 64.3. The van der Waals surface area contributed by atoms with Gasteiger partial charge in [-0.3, -0.25) is 0 Å². The van der Waals surface area contributed by atoms with Crippen molar-refractivity contribution in [3.8, 4) is 0 Å². The van der Waals surface area contributed by atoms with Crippen LogP contribution < -0.4 is 0 Å². The molecular weight excluding hydrogens is 1040 g/mol. The van der Waals surface area contributed by atoms with Gasteiger partial charge in [0.2, 0.25) is 0 Å². The summed E-state index contributed by atoms with van der Waals surface area (Å²) in [5, 5.41) is 0. The molecule has 6 fully saturated rings. The molecule has 1 spiro atoms. The van der Waals surface area contributed by atoms with Crippen molar-refractivity contribution in [2.24, 2.45) is 78.7 Å². The van der Waals surface area contributed by atoms with Gasteiger partial charge in [-0.25, -0.2) is 0 Å². The van der Waals surface area contributed by atoms with Crippen LogP contribution >= 0.6 is 0 Å². The SMILES string of the molecule is CC(C)(C)C.CCC(C)(C)C.Cc1ccccc1.[2H]C([2H])(C)C(C)(C)C.[2H]C([2H])(C)C(C)(C)C(F)(F)F.[2H]C([2H])(C)C1CCCC1.[2H]C([2H])([2H])C.[2H]C([2H])([2H])C([2H])(C)C([2H])([2H])[2H].[2H]C1(C)CC(C)(C)CC(C)(C)C1.[2H]C1(C)CCC(C)(C)CC1.[2H]C1(C)CCC2(CCCCC2)CC1.[2H]C1(C)CCCCC1. The fourth-order valence-electron chi connectivity index (χ4n) is 10.5. The summed E-state index contributed by atoms with van der Waals surface area (Å²) in [5.41, 5.74) is 1.77. The maximum absolute atomic E-state index is 12.1. The summed E-state index contributed by atoms with van der Waals surface area (Å²) in [6.07, 6.45) is 23.6. The minimum atomic E-state index is -4.49. The number of benzene rings is 1. The zero-order chi connectivity index (χ0) is 85.1. The highest BCUT2D eigenvalue weighted by Crippen LogP contribution is 2.49. The van der Waals surface area contributed by atoms with Crippen LogP contribution in [0.2, 0.25) is 0 Å². The van der Waals surface area contributed by atoms with Crippen LogP contribution in [-0.4, -0.2) is 6.18 Å². The van der Waals surface area contributed by atoms with Crippen LogP contribution in [0.25, 0.3) is 0 Å². The first kappa shape index (κ1) is 59.1. The molecule has 1 aromatic rings. The summed E-state index contributed by atoms with van der Waals surface area (Å²) < 4.78 is 178. The second-order valence-corrected chi connectivity index (χ2v) is 32.8. The molecule has 6 aliphatic carbocycles. The number of rotatable bonds is 2. The van der Waals surface area contributed by atoms with Crippen molar-refractivity contribution in [3.05, 3.63) is 35.9 Å². The molecule has 0 aromatic heterocycles. The zero-order valence-corrected chi connectivity index (χ0v) is 62.5. The lowest BCUT2D eigenvalue weighted by molar-refractivity contribution is -0.212. The first-order valence-corrected chi connectivity index (χ1v) is 33.8. The van der Waals surface area contributed by atoms with E-state index in [1.54, 1.807) is 13.8 Å². The van der Waals surface area contributed by atoms with E-state index in [1.807, 2.05) is 45.9 Å². The monoisotopic (exact) mass is 1230 g/mol.